The lowest BCUT2D eigenvalue weighted by Gasteiger charge is -2.09. The van der Waals surface area contributed by atoms with Crippen LogP contribution < -0.4 is 5.32 Å². The summed E-state index contributed by atoms with van der Waals surface area (Å²) < 4.78 is 0. The topological polar surface area (TPSA) is 54.9 Å². The zero-order valence-corrected chi connectivity index (χ0v) is 13.2. The fourth-order valence-corrected chi connectivity index (χ4v) is 2.92. The molecule has 0 aliphatic rings. The smallest absolute Gasteiger partial charge is 0.254 e. The molecule has 3 rings (SSSR count). The van der Waals surface area contributed by atoms with E-state index < -0.39 is 0 Å². The Bertz CT molecular complexity index is 779. The predicted molar refractivity (Wildman–Crippen MR) is 90.2 cm³/mol. The van der Waals surface area contributed by atoms with Gasteiger partial charge in [0.1, 0.15) is 5.03 Å². The van der Waals surface area contributed by atoms with Crippen LogP contribution in [0.1, 0.15) is 15.9 Å². The third-order valence-electron chi connectivity index (χ3n) is 3.18. The Morgan fingerprint density at radius 3 is 2.52 bits per heavy atom. The average Bonchev–Trinajstić information content (AvgIpc) is 2.62. The molecule has 0 bridgehead atoms. The van der Waals surface area contributed by atoms with Crippen molar-refractivity contribution >= 4 is 17.7 Å². The van der Waals surface area contributed by atoms with Crippen LogP contribution in [-0.2, 0) is 6.54 Å². The summed E-state index contributed by atoms with van der Waals surface area (Å²) in [5.74, 6) is -0.131. The van der Waals surface area contributed by atoms with Crippen LogP contribution in [0.2, 0.25) is 0 Å². The largest absolute Gasteiger partial charge is 0.348 e. The number of carbonyl (C=O) groups excluding carboxylic acids is 1. The van der Waals surface area contributed by atoms with Gasteiger partial charge in [-0.25, -0.2) is 4.98 Å². The molecule has 0 spiro atoms. The first kappa shape index (κ1) is 15.2. The first-order valence-corrected chi connectivity index (χ1v) is 7.99. The first-order valence-electron chi connectivity index (χ1n) is 7.18. The van der Waals surface area contributed by atoms with E-state index in [1.807, 2.05) is 42.5 Å². The third kappa shape index (κ3) is 4.17. The molecule has 5 heteroatoms. The fourth-order valence-electron chi connectivity index (χ4n) is 2.02. The van der Waals surface area contributed by atoms with Crippen LogP contribution in [0.5, 0.6) is 0 Å². The number of carbonyl (C=O) groups is 1. The summed E-state index contributed by atoms with van der Waals surface area (Å²) in [6.07, 6.45) is 5.12. The summed E-state index contributed by atoms with van der Waals surface area (Å²) in [7, 11) is 0. The zero-order chi connectivity index (χ0) is 15.9. The highest BCUT2D eigenvalue weighted by Crippen LogP contribution is 2.28. The molecule has 0 fully saturated rings. The normalized spacial score (nSPS) is 10.3. The summed E-state index contributed by atoms with van der Waals surface area (Å²) in [5.41, 5.74) is 1.59. The Kier molecular flexibility index (Phi) is 5.01. The molecule has 2 aromatic heterocycles. The standard InChI is InChI=1S/C18H15N3OS/c22-17(21-13-14-8-11-19-12-9-14)16-7-4-10-20-18(16)23-15-5-2-1-3-6-15/h1-12H,13H2,(H,21,22). The molecule has 1 N–H and O–H groups in total. The molecule has 1 amide bonds. The van der Waals surface area contributed by atoms with Gasteiger partial charge in [-0.15, -0.1) is 0 Å². The zero-order valence-electron chi connectivity index (χ0n) is 12.3. The van der Waals surface area contributed by atoms with Gasteiger partial charge in [0.25, 0.3) is 5.91 Å². The highest BCUT2D eigenvalue weighted by atomic mass is 32.2. The highest BCUT2D eigenvalue weighted by molar-refractivity contribution is 7.99. The molecule has 3 aromatic rings. The number of rotatable bonds is 5. The minimum absolute atomic E-state index is 0.131. The molecular formula is C18H15N3OS. The second kappa shape index (κ2) is 7.56. The summed E-state index contributed by atoms with van der Waals surface area (Å²) in [4.78, 5) is 21.8. The summed E-state index contributed by atoms with van der Waals surface area (Å²) >= 11 is 1.48. The third-order valence-corrected chi connectivity index (χ3v) is 4.20. The second-order valence-electron chi connectivity index (χ2n) is 4.81. The van der Waals surface area contributed by atoms with E-state index in [9.17, 15) is 4.79 Å². The van der Waals surface area contributed by atoms with Gasteiger partial charge in [0, 0.05) is 30.0 Å². The van der Waals surface area contributed by atoms with Crippen molar-refractivity contribution in [2.75, 3.05) is 0 Å². The van der Waals surface area contributed by atoms with Crippen molar-refractivity contribution in [1.82, 2.24) is 15.3 Å². The molecule has 1 aromatic carbocycles. The molecule has 0 radical (unpaired) electrons. The van der Waals surface area contributed by atoms with Crippen LogP contribution in [0.3, 0.4) is 0 Å². The number of pyridine rings is 2. The van der Waals surface area contributed by atoms with E-state index in [1.165, 1.54) is 11.8 Å². The lowest BCUT2D eigenvalue weighted by Crippen LogP contribution is -2.23. The van der Waals surface area contributed by atoms with Gasteiger partial charge >= 0.3 is 0 Å². The Morgan fingerprint density at radius 1 is 0.957 bits per heavy atom. The van der Waals surface area contributed by atoms with Crippen LogP contribution >= 0.6 is 11.8 Å². The van der Waals surface area contributed by atoms with Crippen LogP contribution in [0.15, 0.2) is 83.1 Å². The van der Waals surface area contributed by atoms with Gasteiger partial charge in [0.05, 0.1) is 5.56 Å². The van der Waals surface area contributed by atoms with E-state index in [2.05, 4.69) is 15.3 Å². The number of aromatic nitrogens is 2. The minimum atomic E-state index is -0.131. The first-order chi connectivity index (χ1) is 11.3. The molecule has 0 saturated heterocycles. The molecule has 114 valence electrons. The van der Waals surface area contributed by atoms with Gasteiger partial charge in [0.2, 0.25) is 0 Å². The second-order valence-corrected chi connectivity index (χ2v) is 5.87. The number of hydrogen-bond donors (Lipinski definition) is 1. The summed E-state index contributed by atoms with van der Waals surface area (Å²) in [6.45, 7) is 0.464. The Balaban J connectivity index is 1.73. The van der Waals surface area contributed by atoms with Crippen molar-refractivity contribution in [3.8, 4) is 0 Å². The van der Waals surface area contributed by atoms with Gasteiger partial charge in [-0.3, -0.25) is 9.78 Å². The van der Waals surface area contributed by atoms with Crippen LogP contribution in [-0.4, -0.2) is 15.9 Å². The van der Waals surface area contributed by atoms with Gasteiger partial charge in [-0.2, -0.15) is 0 Å². The lowest BCUT2D eigenvalue weighted by atomic mass is 10.2. The van der Waals surface area contributed by atoms with Crippen molar-refractivity contribution in [1.29, 1.82) is 0 Å². The average molecular weight is 321 g/mol. The maximum atomic E-state index is 12.4. The van der Waals surface area contributed by atoms with E-state index in [0.29, 0.717) is 17.1 Å². The Hall–Kier alpha value is -2.66. The monoisotopic (exact) mass is 321 g/mol. The summed E-state index contributed by atoms with van der Waals surface area (Å²) in [6, 6.07) is 17.2. The maximum Gasteiger partial charge on any atom is 0.254 e. The number of benzene rings is 1. The fraction of sp³-hybridized carbons (Fsp3) is 0.0556. The van der Waals surface area contributed by atoms with Crippen molar-refractivity contribution in [2.24, 2.45) is 0 Å². The molecule has 0 aliphatic heterocycles. The number of nitrogens with zero attached hydrogens (tertiary/aromatic N) is 2. The molecule has 0 atom stereocenters. The molecule has 23 heavy (non-hydrogen) atoms. The van der Waals surface area contributed by atoms with E-state index >= 15 is 0 Å². The van der Waals surface area contributed by atoms with E-state index in [1.54, 1.807) is 30.7 Å². The van der Waals surface area contributed by atoms with Crippen molar-refractivity contribution < 1.29 is 4.79 Å². The minimum Gasteiger partial charge on any atom is -0.348 e. The highest BCUT2D eigenvalue weighted by Gasteiger charge is 2.13. The van der Waals surface area contributed by atoms with Crippen molar-refractivity contribution in [3.63, 3.8) is 0 Å². The van der Waals surface area contributed by atoms with Crippen molar-refractivity contribution in [2.45, 2.75) is 16.5 Å². The quantitative estimate of drug-likeness (QED) is 0.781. The molecule has 4 nitrogen and oxygen atoms in total. The molecule has 2 heterocycles. The van der Waals surface area contributed by atoms with E-state index in [4.69, 9.17) is 0 Å². The van der Waals surface area contributed by atoms with Gasteiger partial charge in [-0.1, -0.05) is 30.0 Å². The number of hydrogen-bond acceptors (Lipinski definition) is 4. The number of amides is 1. The summed E-state index contributed by atoms with van der Waals surface area (Å²) in [5, 5.41) is 3.62. The SMILES string of the molecule is O=C(NCc1ccncc1)c1cccnc1Sc1ccccc1. The predicted octanol–water partition coefficient (Wildman–Crippen LogP) is 3.56. The van der Waals surface area contributed by atoms with E-state index in [0.717, 1.165) is 10.5 Å². The Labute approximate surface area is 139 Å². The maximum absolute atomic E-state index is 12.4. The Morgan fingerprint density at radius 2 is 1.74 bits per heavy atom. The lowest BCUT2D eigenvalue weighted by molar-refractivity contribution is 0.0947. The number of nitrogens with one attached hydrogen (secondary N) is 1. The molecule has 0 saturated carbocycles. The van der Waals surface area contributed by atoms with Crippen molar-refractivity contribution in [3.05, 3.63) is 84.3 Å². The van der Waals surface area contributed by atoms with E-state index in [-0.39, 0.29) is 5.91 Å². The molecule has 0 aliphatic carbocycles. The van der Waals surface area contributed by atoms with Gasteiger partial charge in [0.15, 0.2) is 0 Å². The molecular weight excluding hydrogens is 306 g/mol. The van der Waals surface area contributed by atoms with Crippen LogP contribution in [0.4, 0.5) is 0 Å². The molecule has 0 unspecified atom stereocenters. The van der Waals surface area contributed by atoms with Crippen LogP contribution in [0, 0.1) is 0 Å². The van der Waals surface area contributed by atoms with Crippen LogP contribution in [0.25, 0.3) is 0 Å². The van der Waals surface area contributed by atoms with Gasteiger partial charge in [-0.05, 0) is 42.0 Å². The van der Waals surface area contributed by atoms with Gasteiger partial charge < -0.3 is 5.32 Å².